The highest BCUT2D eigenvalue weighted by Crippen LogP contribution is 2.10. The first-order chi connectivity index (χ1) is 8.83. The van der Waals surface area contributed by atoms with Gasteiger partial charge in [-0.2, -0.15) is 5.26 Å². The summed E-state index contributed by atoms with van der Waals surface area (Å²) in [7, 11) is 0. The lowest BCUT2D eigenvalue weighted by molar-refractivity contribution is 0.678. The van der Waals surface area contributed by atoms with Crippen LogP contribution >= 0.6 is 0 Å². The molecule has 2 rings (SSSR count). The summed E-state index contributed by atoms with van der Waals surface area (Å²) in [5.41, 5.74) is 1.74. The van der Waals surface area contributed by atoms with Crippen LogP contribution in [0.4, 0.5) is 0 Å². The van der Waals surface area contributed by atoms with Gasteiger partial charge >= 0.3 is 0 Å². The zero-order valence-corrected chi connectivity index (χ0v) is 10.6. The summed E-state index contributed by atoms with van der Waals surface area (Å²) < 4.78 is 2.09. The molecule has 3 heteroatoms. The predicted octanol–water partition coefficient (Wildman–Crippen LogP) is 3.15. The first kappa shape index (κ1) is 12.4. The number of hydrogen-bond acceptors (Lipinski definition) is 2. The molecule has 2 aromatic rings. The Morgan fingerprint density at radius 1 is 1.28 bits per heavy atom. The van der Waals surface area contributed by atoms with Crippen molar-refractivity contribution in [1.82, 2.24) is 9.55 Å². The first-order valence-corrected chi connectivity index (χ1v) is 6.33. The van der Waals surface area contributed by atoms with Gasteiger partial charge in [-0.3, -0.25) is 0 Å². The Hall–Kier alpha value is -2.08. The second-order valence-corrected chi connectivity index (χ2v) is 4.37. The van der Waals surface area contributed by atoms with E-state index in [4.69, 9.17) is 5.26 Å². The zero-order chi connectivity index (χ0) is 12.8. The average molecular weight is 239 g/mol. The molecule has 1 heterocycles. The maximum atomic E-state index is 8.94. The highest BCUT2D eigenvalue weighted by molar-refractivity contribution is 5.22. The van der Waals surface area contributed by atoms with Gasteiger partial charge in [0.1, 0.15) is 11.9 Å². The molecule has 0 bridgehead atoms. The molecule has 0 aliphatic heterocycles. The summed E-state index contributed by atoms with van der Waals surface area (Å²) in [5, 5.41) is 8.94. The van der Waals surface area contributed by atoms with Crippen molar-refractivity contribution in [3.63, 3.8) is 0 Å². The molecule has 0 radical (unpaired) electrons. The molecule has 0 aliphatic carbocycles. The highest BCUT2D eigenvalue weighted by Gasteiger charge is 2.07. The largest absolute Gasteiger partial charge is 0.329 e. The Kier molecular flexibility index (Phi) is 4.14. The molecule has 0 saturated carbocycles. The van der Waals surface area contributed by atoms with E-state index in [-0.39, 0.29) is 0 Å². The summed E-state index contributed by atoms with van der Waals surface area (Å²) >= 11 is 0. The van der Waals surface area contributed by atoms with Crippen LogP contribution in [-0.4, -0.2) is 9.55 Å². The number of nitrogens with zero attached hydrogens (tertiary/aromatic N) is 3. The quantitative estimate of drug-likeness (QED) is 0.804. The second-order valence-electron chi connectivity index (χ2n) is 4.37. The van der Waals surface area contributed by atoms with Gasteiger partial charge in [-0.15, -0.1) is 0 Å². The minimum Gasteiger partial charge on any atom is -0.329 e. The summed E-state index contributed by atoms with van der Waals surface area (Å²) in [6.45, 7) is 2.95. The van der Waals surface area contributed by atoms with E-state index in [1.54, 1.807) is 0 Å². The van der Waals surface area contributed by atoms with Gasteiger partial charge < -0.3 is 4.57 Å². The van der Waals surface area contributed by atoms with Crippen LogP contribution in [0.5, 0.6) is 0 Å². The van der Waals surface area contributed by atoms with E-state index in [9.17, 15) is 0 Å². The molecule has 3 nitrogen and oxygen atoms in total. The SMILES string of the molecule is CCCCc1nc(C#N)cn1Cc1ccccc1. The number of aromatic nitrogens is 2. The number of imidazole rings is 1. The lowest BCUT2D eigenvalue weighted by Crippen LogP contribution is -2.04. The van der Waals surface area contributed by atoms with E-state index in [0.717, 1.165) is 31.6 Å². The highest BCUT2D eigenvalue weighted by atomic mass is 15.1. The van der Waals surface area contributed by atoms with E-state index in [0.29, 0.717) is 5.69 Å². The molecule has 1 aromatic carbocycles. The van der Waals surface area contributed by atoms with Gasteiger partial charge in [0, 0.05) is 19.2 Å². The number of unbranched alkanes of at least 4 members (excludes halogenated alkanes) is 1. The van der Waals surface area contributed by atoms with Crippen LogP contribution in [0, 0.1) is 11.3 Å². The number of rotatable bonds is 5. The smallest absolute Gasteiger partial charge is 0.158 e. The summed E-state index contributed by atoms with van der Waals surface area (Å²) in [5.74, 6) is 1.01. The van der Waals surface area contributed by atoms with Crippen molar-refractivity contribution in [3.05, 3.63) is 53.6 Å². The molecule has 0 N–H and O–H groups in total. The first-order valence-electron chi connectivity index (χ1n) is 6.33. The van der Waals surface area contributed by atoms with Gasteiger partial charge in [-0.1, -0.05) is 43.7 Å². The maximum absolute atomic E-state index is 8.94. The standard InChI is InChI=1S/C15H17N3/c1-2-3-9-15-17-14(10-16)12-18(15)11-13-7-5-4-6-8-13/h4-8,12H,2-3,9,11H2,1H3. The lowest BCUT2D eigenvalue weighted by Gasteiger charge is -2.07. The molecular formula is C15H17N3. The third kappa shape index (κ3) is 2.98. The van der Waals surface area contributed by atoms with E-state index < -0.39 is 0 Å². The zero-order valence-electron chi connectivity index (χ0n) is 10.6. The Labute approximate surface area is 108 Å². The van der Waals surface area contributed by atoms with E-state index >= 15 is 0 Å². The Morgan fingerprint density at radius 2 is 2.06 bits per heavy atom. The van der Waals surface area contributed by atoms with Crippen molar-refractivity contribution < 1.29 is 0 Å². The molecule has 18 heavy (non-hydrogen) atoms. The molecule has 0 saturated heterocycles. The Balaban J connectivity index is 2.20. The van der Waals surface area contributed by atoms with Crippen molar-refractivity contribution in [1.29, 1.82) is 5.26 Å². The van der Waals surface area contributed by atoms with Crippen LogP contribution < -0.4 is 0 Å². The topological polar surface area (TPSA) is 41.6 Å². The van der Waals surface area contributed by atoms with E-state index in [1.807, 2.05) is 24.4 Å². The molecule has 0 spiro atoms. The molecule has 0 unspecified atom stereocenters. The maximum Gasteiger partial charge on any atom is 0.158 e. The van der Waals surface area contributed by atoms with Gasteiger partial charge in [-0.05, 0) is 12.0 Å². The minimum atomic E-state index is 0.511. The molecule has 0 amide bonds. The summed E-state index contributed by atoms with van der Waals surface area (Å²) in [6, 6.07) is 12.4. The minimum absolute atomic E-state index is 0.511. The molecule has 0 fully saturated rings. The van der Waals surface area contributed by atoms with Gasteiger partial charge in [0.05, 0.1) is 0 Å². The van der Waals surface area contributed by atoms with Crippen molar-refractivity contribution in [2.24, 2.45) is 0 Å². The van der Waals surface area contributed by atoms with Crippen molar-refractivity contribution in [3.8, 4) is 6.07 Å². The average Bonchev–Trinajstić information content (AvgIpc) is 2.80. The molecule has 1 aromatic heterocycles. The fourth-order valence-electron chi connectivity index (χ4n) is 1.96. The molecule has 0 aliphatic rings. The van der Waals surface area contributed by atoms with E-state index in [2.05, 4.69) is 34.7 Å². The number of nitriles is 1. The molecule has 92 valence electrons. The van der Waals surface area contributed by atoms with Crippen LogP contribution in [-0.2, 0) is 13.0 Å². The third-order valence-electron chi connectivity index (χ3n) is 2.92. The Bertz CT molecular complexity index is 535. The third-order valence-corrected chi connectivity index (χ3v) is 2.92. The van der Waals surface area contributed by atoms with E-state index in [1.165, 1.54) is 5.56 Å². The van der Waals surface area contributed by atoms with Gasteiger partial charge in [0.2, 0.25) is 0 Å². The predicted molar refractivity (Wildman–Crippen MR) is 71.1 cm³/mol. The Morgan fingerprint density at radius 3 is 2.72 bits per heavy atom. The molecular weight excluding hydrogens is 222 g/mol. The van der Waals surface area contributed by atoms with Gasteiger partial charge in [-0.25, -0.2) is 4.98 Å². The van der Waals surface area contributed by atoms with Crippen LogP contribution in [0.3, 0.4) is 0 Å². The fraction of sp³-hybridized carbons (Fsp3) is 0.333. The number of aryl methyl sites for hydroxylation is 1. The van der Waals surface area contributed by atoms with Gasteiger partial charge in [0.15, 0.2) is 5.69 Å². The number of hydrogen-bond donors (Lipinski definition) is 0. The fourth-order valence-corrected chi connectivity index (χ4v) is 1.96. The van der Waals surface area contributed by atoms with Crippen LogP contribution in [0.2, 0.25) is 0 Å². The second kappa shape index (κ2) is 6.02. The monoisotopic (exact) mass is 239 g/mol. The van der Waals surface area contributed by atoms with Crippen molar-refractivity contribution in [2.45, 2.75) is 32.7 Å². The van der Waals surface area contributed by atoms with Gasteiger partial charge in [0.25, 0.3) is 0 Å². The van der Waals surface area contributed by atoms with Crippen LogP contribution in [0.25, 0.3) is 0 Å². The van der Waals surface area contributed by atoms with Crippen LogP contribution in [0.15, 0.2) is 36.5 Å². The van der Waals surface area contributed by atoms with Crippen molar-refractivity contribution in [2.75, 3.05) is 0 Å². The summed E-state index contributed by atoms with van der Waals surface area (Å²) in [6.07, 6.45) is 5.03. The van der Waals surface area contributed by atoms with Crippen molar-refractivity contribution >= 4 is 0 Å². The lowest BCUT2D eigenvalue weighted by atomic mass is 10.2. The van der Waals surface area contributed by atoms with Crippen LogP contribution in [0.1, 0.15) is 36.8 Å². The summed E-state index contributed by atoms with van der Waals surface area (Å²) in [4.78, 5) is 4.36. The molecule has 0 atom stereocenters. The normalized spacial score (nSPS) is 10.2. The number of benzene rings is 1.